The summed E-state index contributed by atoms with van der Waals surface area (Å²) in [5.74, 6) is 0.0768. The molecule has 7 nitrogen and oxygen atoms in total. The minimum atomic E-state index is -0.185. The molecule has 1 heterocycles. The Kier molecular flexibility index (Phi) is 10.1. The van der Waals surface area contributed by atoms with E-state index in [-0.39, 0.29) is 22.3 Å². The first-order chi connectivity index (χ1) is 18.0. The lowest BCUT2D eigenvalue weighted by molar-refractivity contribution is -0.134. The van der Waals surface area contributed by atoms with Crippen molar-refractivity contribution in [2.75, 3.05) is 32.7 Å². The molecule has 0 atom stereocenters. The second kappa shape index (κ2) is 13.7. The van der Waals surface area contributed by atoms with Gasteiger partial charge in [0.05, 0.1) is 4.70 Å². The summed E-state index contributed by atoms with van der Waals surface area (Å²) in [6, 6.07) is 10.6. The molecule has 2 aromatic carbocycles. The number of nitrogens with zero attached hydrogens (tertiary/aromatic N) is 1. The lowest BCUT2D eigenvalue weighted by Crippen LogP contribution is -2.45. The lowest BCUT2D eigenvalue weighted by Gasteiger charge is -2.34. The van der Waals surface area contributed by atoms with Gasteiger partial charge in [-0.2, -0.15) is 0 Å². The largest absolute Gasteiger partial charge is 0.506 e. The van der Waals surface area contributed by atoms with Crippen LogP contribution in [0.2, 0.25) is 0 Å². The predicted octanol–water partition coefficient (Wildman–Crippen LogP) is 3.95. The Labute approximate surface area is 221 Å². The number of aromatic amines is 1. The molecule has 0 bridgehead atoms. The second-order valence-electron chi connectivity index (χ2n) is 9.68. The minimum Gasteiger partial charge on any atom is -0.506 e. The molecule has 4 rings (SSSR count). The normalized spacial score (nSPS) is 14.3. The Morgan fingerprint density at radius 2 is 1.73 bits per heavy atom. The smallest absolute Gasteiger partial charge is 0.305 e. The maximum atomic E-state index is 13.8. The molecule has 0 saturated heterocycles. The first-order valence-electron chi connectivity index (χ1n) is 13.3. The quantitative estimate of drug-likeness (QED) is 0.252. The Hall–Kier alpha value is -2.75. The molecule has 0 unspecified atom stereocenters. The molecule has 0 aliphatic heterocycles. The number of thiazole rings is 1. The van der Waals surface area contributed by atoms with Gasteiger partial charge in [0.2, 0.25) is 5.91 Å². The van der Waals surface area contributed by atoms with Gasteiger partial charge in [0.1, 0.15) is 17.1 Å². The van der Waals surface area contributed by atoms with Gasteiger partial charge in [-0.25, -0.2) is 4.39 Å². The van der Waals surface area contributed by atoms with Crippen LogP contribution in [0.25, 0.3) is 10.2 Å². The number of benzene rings is 2. The van der Waals surface area contributed by atoms with Gasteiger partial charge in [0.25, 0.3) is 0 Å². The van der Waals surface area contributed by atoms with Gasteiger partial charge < -0.3 is 25.6 Å². The van der Waals surface area contributed by atoms with Crippen LogP contribution in [0.1, 0.15) is 49.7 Å². The average molecular weight is 529 g/mol. The highest BCUT2D eigenvalue weighted by Crippen LogP contribution is 2.28. The zero-order valence-electron chi connectivity index (χ0n) is 21.2. The fourth-order valence-corrected chi connectivity index (χ4v) is 6.01. The summed E-state index contributed by atoms with van der Waals surface area (Å²) < 4.78 is 14.6. The molecular formula is C28H37FN4O3S. The first-order valence-corrected chi connectivity index (χ1v) is 14.1. The van der Waals surface area contributed by atoms with Crippen molar-refractivity contribution in [1.29, 1.82) is 0 Å². The molecule has 0 spiro atoms. The second-order valence-corrected chi connectivity index (χ2v) is 10.7. The molecule has 1 aliphatic rings. The van der Waals surface area contributed by atoms with Gasteiger partial charge in [0.15, 0.2) is 0 Å². The zero-order chi connectivity index (χ0) is 26.0. The topological polar surface area (TPSA) is 97.5 Å². The van der Waals surface area contributed by atoms with E-state index in [4.69, 9.17) is 0 Å². The first kappa shape index (κ1) is 27.3. The number of fused-ring (bicyclic) bond motifs is 1. The van der Waals surface area contributed by atoms with Crippen LogP contribution >= 0.6 is 11.3 Å². The molecule has 1 aromatic heterocycles. The lowest BCUT2D eigenvalue weighted by atomic mass is 9.94. The van der Waals surface area contributed by atoms with Crippen molar-refractivity contribution in [1.82, 2.24) is 20.5 Å². The van der Waals surface area contributed by atoms with E-state index < -0.39 is 0 Å². The third-order valence-corrected chi connectivity index (χ3v) is 8.08. The molecule has 3 aromatic rings. The van der Waals surface area contributed by atoms with E-state index in [2.05, 4.69) is 20.5 Å². The number of aromatic hydroxyl groups is 1. The highest BCUT2D eigenvalue weighted by atomic mass is 32.1. The van der Waals surface area contributed by atoms with Crippen molar-refractivity contribution < 1.29 is 14.3 Å². The maximum Gasteiger partial charge on any atom is 0.305 e. The van der Waals surface area contributed by atoms with Gasteiger partial charge >= 0.3 is 4.87 Å². The number of rotatable bonds is 13. The zero-order valence-corrected chi connectivity index (χ0v) is 22.0. The summed E-state index contributed by atoms with van der Waals surface area (Å²) >= 11 is 1.12. The van der Waals surface area contributed by atoms with E-state index >= 15 is 0 Å². The minimum absolute atomic E-state index is 0.0911. The number of hydrogen-bond donors (Lipinski definition) is 4. The number of amides is 1. The van der Waals surface area contributed by atoms with Crippen molar-refractivity contribution in [3.8, 4) is 5.75 Å². The summed E-state index contributed by atoms with van der Waals surface area (Å²) in [7, 11) is 0. The average Bonchev–Trinajstić information content (AvgIpc) is 3.31. The summed E-state index contributed by atoms with van der Waals surface area (Å²) in [6.45, 7) is 3.31. The molecule has 4 N–H and O–H groups in total. The van der Waals surface area contributed by atoms with Crippen LogP contribution in [0.5, 0.6) is 5.75 Å². The number of H-pyrrole nitrogens is 1. The molecule has 1 aliphatic carbocycles. The number of carbonyl (C=O) groups excluding carboxylic acids is 1. The van der Waals surface area contributed by atoms with Crippen LogP contribution in [0.15, 0.2) is 41.2 Å². The van der Waals surface area contributed by atoms with Crippen molar-refractivity contribution in [2.45, 2.75) is 57.4 Å². The Morgan fingerprint density at radius 3 is 2.51 bits per heavy atom. The van der Waals surface area contributed by atoms with Crippen LogP contribution in [-0.2, 0) is 17.6 Å². The monoisotopic (exact) mass is 528 g/mol. The van der Waals surface area contributed by atoms with Crippen molar-refractivity contribution in [2.24, 2.45) is 0 Å². The predicted molar refractivity (Wildman–Crippen MR) is 147 cm³/mol. The highest BCUT2D eigenvalue weighted by Gasteiger charge is 2.24. The summed E-state index contributed by atoms with van der Waals surface area (Å²) in [5.41, 5.74) is 2.21. The molecule has 200 valence electrons. The van der Waals surface area contributed by atoms with Crippen molar-refractivity contribution in [3.05, 3.63) is 63.0 Å². The van der Waals surface area contributed by atoms with E-state index in [1.165, 1.54) is 25.3 Å². The van der Waals surface area contributed by atoms with Crippen LogP contribution in [0.3, 0.4) is 0 Å². The number of phenolic OH excluding ortho intramolecular Hbond substituents is 1. The van der Waals surface area contributed by atoms with E-state index in [0.29, 0.717) is 56.1 Å². The number of halogens is 1. The Morgan fingerprint density at radius 1 is 1.00 bits per heavy atom. The van der Waals surface area contributed by atoms with E-state index in [0.717, 1.165) is 47.4 Å². The van der Waals surface area contributed by atoms with Crippen LogP contribution in [0.4, 0.5) is 4.39 Å². The van der Waals surface area contributed by atoms with E-state index in [9.17, 15) is 19.1 Å². The molecule has 1 fully saturated rings. The van der Waals surface area contributed by atoms with E-state index in [1.54, 1.807) is 18.2 Å². The van der Waals surface area contributed by atoms with Gasteiger partial charge in [-0.05, 0) is 62.0 Å². The fourth-order valence-electron chi connectivity index (χ4n) is 5.11. The van der Waals surface area contributed by atoms with E-state index in [1.807, 2.05) is 12.1 Å². The number of phenols is 1. The Bertz CT molecular complexity index is 1220. The summed E-state index contributed by atoms with van der Waals surface area (Å²) in [6.07, 6.45) is 7.46. The molecule has 37 heavy (non-hydrogen) atoms. The highest BCUT2D eigenvalue weighted by molar-refractivity contribution is 7.16. The molecular weight excluding hydrogens is 491 g/mol. The number of aromatic nitrogens is 1. The molecule has 0 radical (unpaired) electrons. The summed E-state index contributed by atoms with van der Waals surface area (Å²) in [4.78, 5) is 29.4. The van der Waals surface area contributed by atoms with Crippen molar-refractivity contribution in [3.63, 3.8) is 0 Å². The Balaban J connectivity index is 1.22. The van der Waals surface area contributed by atoms with Gasteiger partial charge in [-0.1, -0.05) is 54.9 Å². The SMILES string of the molecule is O=C(CCNCCc1ccccc1F)N(CCNCCc1ccc(O)c2[nH]c(=O)sc12)C1CCCCC1. The van der Waals surface area contributed by atoms with Gasteiger partial charge in [-0.15, -0.1) is 0 Å². The van der Waals surface area contributed by atoms with Gasteiger partial charge in [-0.3, -0.25) is 9.59 Å². The third-order valence-electron chi connectivity index (χ3n) is 7.12. The van der Waals surface area contributed by atoms with Gasteiger partial charge in [0, 0.05) is 32.1 Å². The molecule has 1 saturated carbocycles. The molecule has 1 amide bonds. The number of hydrogen-bond acceptors (Lipinski definition) is 6. The number of carbonyl (C=O) groups is 1. The standard InChI is InChI=1S/C28H37FN4O3S/c29-23-9-5-4-6-20(23)12-15-30-17-14-25(35)33(22-7-2-1-3-8-22)19-18-31-16-13-21-10-11-24(34)26-27(21)37-28(36)32-26/h4-6,9-11,22,30-31,34H,1-3,7-8,12-19H2,(H,32,36). The molecule has 9 heteroatoms. The fraction of sp³-hybridized carbons (Fsp3) is 0.500. The van der Waals surface area contributed by atoms with Crippen molar-refractivity contribution >= 4 is 27.5 Å². The third kappa shape index (κ3) is 7.63. The number of nitrogens with one attached hydrogen (secondary N) is 3. The van der Waals surface area contributed by atoms with Crippen LogP contribution < -0.4 is 15.5 Å². The summed E-state index contributed by atoms with van der Waals surface area (Å²) in [5, 5.41) is 16.7. The van der Waals surface area contributed by atoms with Crippen LogP contribution in [0, 0.1) is 5.82 Å². The maximum absolute atomic E-state index is 13.8. The van der Waals surface area contributed by atoms with Crippen LogP contribution in [-0.4, -0.2) is 59.7 Å².